The molecule has 0 N–H and O–H groups in total. The smallest absolute Gasteiger partial charge is 0.118 e. The van der Waals surface area contributed by atoms with Gasteiger partial charge in [0, 0.05) is 13.0 Å². The summed E-state index contributed by atoms with van der Waals surface area (Å²) in [6, 6.07) is 8.17. The SMILES string of the molecule is C#CCCCN(C)Cc1ccc(OC)cc1. The summed E-state index contributed by atoms with van der Waals surface area (Å²) in [6.07, 6.45) is 7.13. The summed E-state index contributed by atoms with van der Waals surface area (Å²) in [6.45, 7) is 1.99. The van der Waals surface area contributed by atoms with E-state index >= 15 is 0 Å². The zero-order valence-corrected chi connectivity index (χ0v) is 10.1. The number of rotatable bonds is 6. The van der Waals surface area contributed by atoms with Crippen molar-refractivity contribution in [2.75, 3.05) is 20.7 Å². The van der Waals surface area contributed by atoms with Gasteiger partial charge in [-0.05, 0) is 37.7 Å². The molecule has 0 unspecified atom stereocenters. The average molecular weight is 217 g/mol. The molecule has 1 aromatic carbocycles. The molecule has 0 aliphatic rings. The molecular weight excluding hydrogens is 198 g/mol. The van der Waals surface area contributed by atoms with Crippen LogP contribution in [0.2, 0.25) is 0 Å². The molecule has 0 atom stereocenters. The number of terminal acetylenes is 1. The van der Waals surface area contributed by atoms with Crippen LogP contribution in [0.4, 0.5) is 0 Å². The fourth-order valence-corrected chi connectivity index (χ4v) is 1.57. The van der Waals surface area contributed by atoms with Crippen molar-refractivity contribution in [1.82, 2.24) is 4.90 Å². The van der Waals surface area contributed by atoms with E-state index < -0.39 is 0 Å². The van der Waals surface area contributed by atoms with Gasteiger partial charge in [-0.15, -0.1) is 12.3 Å². The van der Waals surface area contributed by atoms with Crippen molar-refractivity contribution in [3.63, 3.8) is 0 Å². The van der Waals surface area contributed by atoms with Crippen LogP contribution in [0.5, 0.6) is 5.75 Å². The first-order chi connectivity index (χ1) is 7.76. The predicted molar refractivity (Wildman–Crippen MR) is 67.4 cm³/mol. The van der Waals surface area contributed by atoms with Gasteiger partial charge in [-0.1, -0.05) is 12.1 Å². The van der Waals surface area contributed by atoms with Crippen LogP contribution < -0.4 is 4.74 Å². The topological polar surface area (TPSA) is 12.5 Å². The van der Waals surface area contributed by atoms with Gasteiger partial charge >= 0.3 is 0 Å². The molecule has 86 valence electrons. The van der Waals surface area contributed by atoms with E-state index in [4.69, 9.17) is 11.2 Å². The summed E-state index contributed by atoms with van der Waals surface area (Å²) >= 11 is 0. The zero-order chi connectivity index (χ0) is 11.8. The molecule has 0 aliphatic carbocycles. The van der Waals surface area contributed by atoms with E-state index in [-0.39, 0.29) is 0 Å². The molecule has 1 aromatic rings. The molecule has 16 heavy (non-hydrogen) atoms. The molecule has 0 spiro atoms. The third kappa shape index (κ3) is 4.37. The summed E-state index contributed by atoms with van der Waals surface area (Å²) in [5.41, 5.74) is 1.30. The van der Waals surface area contributed by atoms with Crippen molar-refractivity contribution >= 4 is 0 Å². The van der Waals surface area contributed by atoms with Crippen LogP contribution in [-0.2, 0) is 6.54 Å². The minimum Gasteiger partial charge on any atom is -0.497 e. The lowest BCUT2D eigenvalue weighted by molar-refractivity contribution is 0.323. The van der Waals surface area contributed by atoms with Crippen molar-refractivity contribution in [2.24, 2.45) is 0 Å². The second-order valence-electron chi connectivity index (χ2n) is 3.89. The van der Waals surface area contributed by atoms with E-state index in [1.807, 2.05) is 12.1 Å². The monoisotopic (exact) mass is 217 g/mol. The molecule has 0 bridgehead atoms. The van der Waals surface area contributed by atoms with E-state index in [1.165, 1.54) is 5.56 Å². The Bertz CT molecular complexity index is 337. The molecule has 0 radical (unpaired) electrons. The molecule has 0 saturated carbocycles. The Morgan fingerprint density at radius 3 is 2.56 bits per heavy atom. The van der Waals surface area contributed by atoms with Gasteiger partial charge in [-0.2, -0.15) is 0 Å². The van der Waals surface area contributed by atoms with Crippen molar-refractivity contribution in [1.29, 1.82) is 0 Å². The van der Waals surface area contributed by atoms with Gasteiger partial charge in [0.25, 0.3) is 0 Å². The van der Waals surface area contributed by atoms with E-state index in [0.29, 0.717) is 0 Å². The maximum Gasteiger partial charge on any atom is 0.118 e. The molecule has 0 saturated heterocycles. The number of nitrogens with zero attached hydrogens (tertiary/aromatic N) is 1. The first-order valence-electron chi connectivity index (χ1n) is 5.51. The predicted octanol–water partition coefficient (Wildman–Crippen LogP) is 2.54. The number of methoxy groups -OCH3 is 1. The summed E-state index contributed by atoms with van der Waals surface area (Å²) in [5.74, 6) is 3.56. The van der Waals surface area contributed by atoms with E-state index in [1.54, 1.807) is 7.11 Å². The minimum absolute atomic E-state index is 0.854. The Labute approximate surface area is 98.2 Å². The number of hydrogen-bond donors (Lipinski definition) is 0. The Morgan fingerprint density at radius 2 is 2.00 bits per heavy atom. The first-order valence-corrected chi connectivity index (χ1v) is 5.51. The van der Waals surface area contributed by atoms with Gasteiger partial charge in [0.05, 0.1) is 7.11 Å². The first kappa shape index (κ1) is 12.6. The van der Waals surface area contributed by atoms with Crippen molar-refractivity contribution < 1.29 is 4.74 Å². The van der Waals surface area contributed by atoms with Crippen LogP contribution in [0.25, 0.3) is 0 Å². The van der Waals surface area contributed by atoms with Crippen LogP contribution >= 0.6 is 0 Å². The minimum atomic E-state index is 0.854. The number of hydrogen-bond acceptors (Lipinski definition) is 2. The molecule has 0 aromatic heterocycles. The second kappa shape index (κ2) is 6.92. The molecule has 0 heterocycles. The van der Waals surface area contributed by atoms with Gasteiger partial charge in [0.2, 0.25) is 0 Å². The maximum atomic E-state index is 5.22. The van der Waals surface area contributed by atoms with Gasteiger partial charge in [-0.3, -0.25) is 0 Å². The fraction of sp³-hybridized carbons (Fsp3) is 0.429. The van der Waals surface area contributed by atoms with Crippen LogP contribution in [0.3, 0.4) is 0 Å². The molecule has 1 rings (SSSR count). The zero-order valence-electron chi connectivity index (χ0n) is 10.1. The van der Waals surface area contributed by atoms with Crippen LogP contribution in [0.1, 0.15) is 18.4 Å². The molecule has 0 amide bonds. The second-order valence-corrected chi connectivity index (χ2v) is 3.89. The Kier molecular flexibility index (Phi) is 5.45. The summed E-state index contributed by atoms with van der Waals surface area (Å²) in [7, 11) is 3.79. The van der Waals surface area contributed by atoms with E-state index in [2.05, 4.69) is 30.0 Å². The lowest BCUT2D eigenvalue weighted by atomic mass is 10.2. The molecule has 2 nitrogen and oxygen atoms in total. The van der Waals surface area contributed by atoms with Crippen LogP contribution in [0.15, 0.2) is 24.3 Å². The van der Waals surface area contributed by atoms with Gasteiger partial charge < -0.3 is 9.64 Å². The fourth-order valence-electron chi connectivity index (χ4n) is 1.57. The highest BCUT2D eigenvalue weighted by Gasteiger charge is 2.00. The van der Waals surface area contributed by atoms with Crippen molar-refractivity contribution in [3.8, 4) is 18.1 Å². The van der Waals surface area contributed by atoms with Gasteiger partial charge in [-0.25, -0.2) is 0 Å². The lowest BCUT2D eigenvalue weighted by Crippen LogP contribution is -2.18. The highest BCUT2D eigenvalue weighted by Crippen LogP contribution is 2.12. The van der Waals surface area contributed by atoms with Gasteiger partial charge in [0.15, 0.2) is 0 Å². The molecule has 0 fully saturated rings. The van der Waals surface area contributed by atoms with Gasteiger partial charge in [0.1, 0.15) is 5.75 Å². The molecule has 0 aliphatic heterocycles. The lowest BCUT2D eigenvalue weighted by Gasteiger charge is -2.16. The average Bonchev–Trinajstić information content (AvgIpc) is 2.30. The normalized spacial score (nSPS) is 10.1. The number of unbranched alkanes of at least 4 members (excludes halogenated alkanes) is 1. The molecule has 2 heteroatoms. The van der Waals surface area contributed by atoms with Crippen molar-refractivity contribution in [2.45, 2.75) is 19.4 Å². The highest BCUT2D eigenvalue weighted by atomic mass is 16.5. The number of benzene rings is 1. The largest absolute Gasteiger partial charge is 0.497 e. The quantitative estimate of drug-likeness (QED) is 0.536. The Balaban J connectivity index is 2.37. The number of ether oxygens (including phenoxy) is 1. The Morgan fingerprint density at radius 1 is 1.31 bits per heavy atom. The van der Waals surface area contributed by atoms with Crippen LogP contribution in [0, 0.1) is 12.3 Å². The highest BCUT2D eigenvalue weighted by molar-refractivity contribution is 5.26. The summed E-state index contributed by atoms with van der Waals surface area (Å²) < 4.78 is 5.12. The van der Waals surface area contributed by atoms with E-state index in [9.17, 15) is 0 Å². The third-order valence-electron chi connectivity index (χ3n) is 2.47. The standard InChI is InChI=1S/C14H19NO/c1-4-5-6-11-15(2)12-13-7-9-14(16-3)10-8-13/h1,7-10H,5-6,11-12H2,2-3H3. The van der Waals surface area contributed by atoms with Crippen LogP contribution in [-0.4, -0.2) is 25.6 Å². The third-order valence-corrected chi connectivity index (χ3v) is 2.47. The summed E-state index contributed by atoms with van der Waals surface area (Å²) in [5, 5.41) is 0. The van der Waals surface area contributed by atoms with E-state index in [0.717, 1.165) is 31.7 Å². The van der Waals surface area contributed by atoms with Crippen molar-refractivity contribution in [3.05, 3.63) is 29.8 Å². The molecular formula is C14H19NO. The summed E-state index contributed by atoms with van der Waals surface area (Å²) in [4.78, 5) is 2.28. The Hall–Kier alpha value is -1.46. The maximum absolute atomic E-state index is 5.22.